The molecule has 2 heterocycles. The lowest BCUT2D eigenvalue weighted by molar-refractivity contribution is 0.279. The first kappa shape index (κ1) is 29.9. The quantitative estimate of drug-likeness (QED) is 0.180. The van der Waals surface area contributed by atoms with Crippen LogP contribution in [0.5, 0.6) is 0 Å². The van der Waals surface area contributed by atoms with Gasteiger partial charge in [-0.3, -0.25) is 0 Å². The van der Waals surface area contributed by atoms with Crippen molar-refractivity contribution in [2.75, 3.05) is 13.2 Å². The van der Waals surface area contributed by atoms with Crippen molar-refractivity contribution in [1.82, 2.24) is 0 Å². The third-order valence-electron chi connectivity index (χ3n) is 10.5. The van der Waals surface area contributed by atoms with E-state index in [4.69, 9.17) is 19.5 Å². The Labute approximate surface area is 288 Å². The van der Waals surface area contributed by atoms with Crippen LogP contribution in [0.25, 0.3) is 54.9 Å². The molecular weight excluding hydrogens is 601 g/mol. The molecule has 4 nitrogen and oxygen atoms in total. The average molecular weight is 641 g/mol. The fraction of sp³-hybridized carbons (Fsp3) is 0.244. The predicted octanol–water partition coefficient (Wildman–Crippen LogP) is 10.7. The van der Waals surface area contributed by atoms with Crippen LogP contribution in [-0.4, -0.2) is 36.1 Å². The van der Waals surface area contributed by atoms with Gasteiger partial charge in [0.1, 0.15) is 13.2 Å². The molecule has 3 aliphatic rings. The van der Waals surface area contributed by atoms with Gasteiger partial charge in [-0.2, -0.15) is 0 Å². The number of hydrogen-bond acceptors (Lipinski definition) is 4. The zero-order valence-corrected chi connectivity index (χ0v) is 29.0. The number of benzene rings is 6. The largest absolute Gasteiger partial charge is 0.475 e. The van der Waals surface area contributed by atoms with Crippen LogP contribution in [0.2, 0.25) is 0 Å². The average Bonchev–Trinajstić information content (AvgIpc) is 3.73. The molecule has 0 amide bonds. The normalized spacial score (nSPS) is 18.1. The van der Waals surface area contributed by atoms with E-state index in [2.05, 4.69) is 151 Å². The highest BCUT2D eigenvalue weighted by atomic mass is 16.5. The molecule has 9 rings (SSSR count). The van der Waals surface area contributed by atoms with Gasteiger partial charge in [-0.25, -0.2) is 9.98 Å². The van der Waals surface area contributed by atoms with Crippen LogP contribution in [0.4, 0.5) is 0 Å². The summed E-state index contributed by atoms with van der Waals surface area (Å²) in [5, 5.41) is 5.01. The molecule has 0 spiro atoms. The summed E-state index contributed by atoms with van der Waals surface area (Å²) in [4.78, 5) is 9.67. The molecule has 0 atom stereocenters. The molecule has 0 fully saturated rings. The number of ether oxygens (including phenoxy) is 2. The van der Waals surface area contributed by atoms with E-state index >= 15 is 0 Å². The van der Waals surface area contributed by atoms with Crippen LogP contribution in [0.3, 0.4) is 0 Å². The summed E-state index contributed by atoms with van der Waals surface area (Å²) in [5.41, 5.74) is 11.7. The van der Waals surface area contributed by atoms with Gasteiger partial charge in [0.2, 0.25) is 11.8 Å². The van der Waals surface area contributed by atoms with Gasteiger partial charge in [0.25, 0.3) is 0 Å². The molecule has 0 saturated carbocycles. The molecule has 0 saturated heterocycles. The molecular formula is C45H40N2O2. The lowest BCUT2D eigenvalue weighted by atomic mass is 9.79. The SMILES string of the molecule is CC1(C)COC(c2ccc(-c3c4ccccc4c(-c4ccc(C5=NC(C)(C)CO5)cc4)c4c5c(ccc34)C(C)(C)c3ccccc3-5)cc2)=N1. The van der Waals surface area contributed by atoms with Crippen LogP contribution in [0.15, 0.2) is 119 Å². The summed E-state index contributed by atoms with van der Waals surface area (Å²) in [6.45, 7) is 14.4. The number of nitrogens with zero attached hydrogens (tertiary/aromatic N) is 2. The van der Waals surface area contributed by atoms with Crippen molar-refractivity contribution in [2.45, 2.75) is 58.0 Å². The van der Waals surface area contributed by atoms with Crippen LogP contribution in [0, 0.1) is 0 Å². The Hall–Kier alpha value is -5.22. The minimum atomic E-state index is -0.205. The maximum atomic E-state index is 6.01. The predicted molar refractivity (Wildman–Crippen MR) is 203 cm³/mol. The second kappa shape index (κ2) is 10.4. The summed E-state index contributed by atoms with van der Waals surface area (Å²) < 4.78 is 12.0. The van der Waals surface area contributed by atoms with Crippen molar-refractivity contribution in [1.29, 1.82) is 0 Å². The lowest BCUT2D eigenvalue weighted by Crippen LogP contribution is -2.17. The van der Waals surface area contributed by atoms with E-state index < -0.39 is 0 Å². The Bertz CT molecular complexity index is 2390. The number of fused-ring (bicyclic) bond motifs is 6. The van der Waals surface area contributed by atoms with Gasteiger partial charge >= 0.3 is 0 Å². The first-order valence-electron chi connectivity index (χ1n) is 17.3. The topological polar surface area (TPSA) is 43.2 Å². The highest BCUT2D eigenvalue weighted by Crippen LogP contribution is 2.55. The standard InChI is InChI=1S/C45H40N2O2/c1-43(2)25-48-41(46-43)29-19-15-27(16-20-29)37-31-11-7-8-12-32(31)38(28-17-21-30(22-18-28)42-47-44(3,4)26-49-42)40-34(37)23-24-36-39(40)33-13-9-10-14-35(33)45(36,5)6/h7-24H,25-26H2,1-6H3. The Morgan fingerprint density at radius 3 is 1.49 bits per heavy atom. The molecule has 6 aromatic rings. The molecule has 0 radical (unpaired) electrons. The molecule has 1 aliphatic carbocycles. The Morgan fingerprint density at radius 2 is 0.939 bits per heavy atom. The monoisotopic (exact) mass is 640 g/mol. The number of hydrogen-bond donors (Lipinski definition) is 0. The molecule has 2 aliphatic heterocycles. The summed E-state index contributed by atoms with van der Waals surface area (Å²) in [6, 6.07) is 40.2. The highest BCUT2D eigenvalue weighted by molar-refractivity contribution is 6.25. The van der Waals surface area contributed by atoms with Gasteiger partial charge in [-0.15, -0.1) is 0 Å². The minimum Gasteiger partial charge on any atom is -0.475 e. The van der Waals surface area contributed by atoms with Crippen molar-refractivity contribution < 1.29 is 9.47 Å². The van der Waals surface area contributed by atoms with E-state index in [0.29, 0.717) is 13.2 Å². The van der Waals surface area contributed by atoms with E-state index in [9.17, 15) is 0 Å². The van der Waals surface area contributed by atoms with Crippen LogP contribution in [-0.2, 0) is 14.9 Å². The second-order valence-corrected chi connectivity index (χ2v) is 15.6. The zero-order valence-electron chi connectivity index (χ0n) is 29.0. The summed E-state index contributed by atoms with van der Waals surface area (Å²) >= 11 is 0. The van der Waals surface area contributed by atoms with E-state index in [1.54, 1.807) is 0 Å². The molecule has 242 valence electrons. The fourth-order valence-electron chi connectivity index (χ4n) is 8.10. The van der Waals surface area contributed by atoms with E-state index in [0.717, 1.165) is 22.9 Å². The first-order chi connectivity index (χ1) is 23.5. The third kappa shape index (κ3) is 4.64. The van der Waals surface area contributed by atoms with Gasteiger partial charge in [-0.1, -0.05) is 98.8 Å². The number of aliphatic imine (C=N–C) groups is 2. The van der Waals surface area contributed by atoms with Crippen molar-refractivity contribution in [3.63, 3.8) is 0 Å². The zero-order chi connectivity index (χ0) is 33.7. The summed E-state index contributed by atoms with van der Waals surface area (Å²) in [6.07, 6.45) is 0. The molecule has 0 aromatic heterocycles. The fourth-order valence-corrected chi connectivity index (χ4v) is 8.10. The van der Waals surface area contributed by atoms with Gasteiger partial charge in [0, 0.05) is 16.5 Å². The molecule has 0 bridgehead atoms. The number of rotatable bonds is 4. The molecule has 49 heavy (non-hydrogen) atoms. The van der Waals surface area contributed by atoms with Crippen molar-refractivity contribution in [2.24, 2.45) is 9.98 Å². The Balaban J connectivity index is 1.33. The Kier molecular flexibility index (Phi) is 6.34. The highest BCUT2D eigenvalue weighted by Gasteiger charge is 2.37. The third-order valence-corrected chi connectivity index (χ3v) is 10.5. The maximum Gasteiger partial charge on any atom is 0.216 e. The Morgan fingerprint density at radius 1 is 0.449 bits per heavy atom. The van der Waals surface area contributed by atoms with Crippen molar-refractivity contribution in [3.05, 3.63) is 131 Å². The molecule has 0 N–H and O–H groups in total. The van der Waals surface area contributed by atoms with Crippen LogP contribution in [0.1, 0.15) is 63.8 Å². The van der Waals surface area contributed by atoms with Crippen molar-refractivity contribution in [3.8, 4) is 33.4 Å². The van der Waals surface area contributed by atoms with Gasteiger partial charge in [-0.05, 0) is 118 Å². The summed E-state index contributed by atoms with van der Waals surface area (Å²) in [7, 11) is 0. The summed E-state index contributed by atoms with van der Waals surface area (Å²) in [5.74, 6) is 1.44. The maximum absolute atomic E-state index is 6.01. The van der Waals surface area contributed by atoms with Crippen LogP contribution < -0.4 is 0 Å². The van der Waals surface area contributed by atoms with E-state index in [-0.39, 0.29) is 16.5 Å². The first-order valence-corrected chi connectivity index (χ1v) is 17.3. The van der Waals surface area contributed by atoms with Gasteiger partial charge in [0.05, 0.1) is 11.1 Å². The molecule has 4 heteroatoms. The van der Waals surface area contributed by atoms with Gasteiger partial charge in [0.15, 0.2) is 0 Å². The van der Waals surface area contributed by atoms with E-state index in [1.807, 2.05) is 0 Å². The van der Waals surface area contributed by atoms with E-state index in [1.165, 1.54) is 66.1 Å². The lowest BCUT2D eigenvalue weighted by Gasteiger charge is -2.23. The van der Waals surface area contributed by atoms with Crippen LogP contribution >= 0.6 is 0 Å². The second-order valence-electron chi connectivity index (χ2n) is 15.6. The minimum absolute atomic E-state index is 0.116. The smallest absolute Gasteiger partial charge is 0.216 e. The van der Waals surface area contributed by atoms with Crippen molar-refractivity contribution >= 4 is 33.3 Å². The van der Waals surface area contributed by atoms with Gasteiger partial charge < -0.3 is 9.47 Å². The molecule has 0 unspecified atom stereocenters. The molecule has 6 aromatic carbocycles.